The van der Waals surface area contributed by atoms with Gasteiger partial charge in [-0.25, -0.2) is 0 Å². The van der Waals surface area contributed by atoms with Crippen molar-refractivity contribution in [1.29, 1.82) is 0 Å². The van der Waals surface area contributed by atoms with Gasteiger partial charge in [0.25, 0.3) is 0 Å². The van der Waals surface area contributed by atoms with Gasteiger partial charge >= 0.3 is 0 Å². The normalized spacial score (nSPS) is 11.1. The van der Waals surface area contributed by atoms with Crippen LogP contribution in [0.2, 0.25) is 0 Å². The molecule has 22 heavy (non-hydrogen) atoms. The number of H-pyrrole nitrogens is 1. The lowest BCUT2D eigenvalue weighted by atomic mass is 10.3. The number of guanidine groups is 1. The Morgan fingerprint density at radius 2 is 1.95 bits per heavy atom. The molecule has 0 saturated carbocycles. The fourth-order valence-electron chi connectivity index (χ4n) is 1.79. The van der Waals surface area contributed by atoms with Crippen LogP contribution in [0, 0.1) is 0 Å². The second-order valence-electron chi connectivity index (χ2n) is 4.46. The van der Waals surface area contributed by atoms with Crippen LogP contribution in [0.25, 0.3) is 0 Å². The molecule has 0 aliphatic heterocycles. The molecular formula is C15H21N5O2. The van der Waals surface area contributed by atoms with Gasteiger partial charge in [0, 0.05) is 13.2 Å². The molecule has 3 N–H and O–H groups in total. The summed E-state index contributed by atoms with van der Waals surface area (Å²) in [5, 5.41) is 13.1. The first-order chi connectivity index (χ1) is 10.8. The third kappa shape index (κ3) is 5.01. The summed E-state index contributed by atoms with van der Waals surface area (Å²) in [5.74, 6) is 2.34. The number of nitrogens with one attached hydrogen (secondary N) is 3. The van der Waals surface area contributed by atoms with E-state index in [1.54, 1.807) is 20.4 Å². The summed E-state index contributed by atoms with van der Waals surface area (Å²) in [4.78, 5) is 4.14. The minimum absolute atomic E-state index is 0.539. The third-order valence-electron chi connectivity index (χ3n) is 2.95. The minimum atomic E-state index is 0.539. The van der Waals surface area contributed by atoms with Crippen LogP contribution >= 0.6 is 0 Å². The van der Waals surface area contributed by atoms with Crippen LogP contribution in [0.3, 0.4) is 0 Å². The van der Waals surface area contributed by atoms with Gasteiger partial charge < -0.3 is 20.1 Å². The van der Waals surface area contributed by atoms with Gasteiger partial charge in [0.15, 0.2) is 5.96 Å². The molecule has 0 atom stereocenters. The summed E-state index contributed by atoms with van der Waals surface area (Å²) in [7, 11) is 3.37. The standard InChI is InChI=1S/C15H21N5O2/c1-16-15(18-11-12-7-8-19-20-12)17-9-10-22-14-5-3-13(21-2)4-6-14/h3-8H,9-11H2,1-2H3,(H,19,20)(H2,16,17,18). The molecule has 0 aliphatic rings. The molecule has 0 aliphatic carbocycles. The van der Waals surface area contributed by atoms with Gasteiger partial charge in [-0.15, -0.1) is 0 Å². The zero-order valence-corrected chi connectivity index (χ0v) is 12.8. The number of methoxy groups -OCH3 is 1. The number of aromatic amines is 1. The highest BCUT2D eigenvalue weighted by molar-refractivity contribution is 5.79. The van der Waals surface area contributed by atoms with Crippen molar-refractivity contribution < 1.29 is 9.47 Å². The van der Waals surface area contributed by atoms with E-state index in [0.29, 0.717) is 25.7 Å². The van der Waals surface area contributed by atoms with Gasteiger partial charge in [-0.3, -0.25) is 10.1 Å². The Labute approximate surface area is 129 Å². The average molecular weight is 303 g/mol. The summed E-state index contributed by atoms with van der Waals surface area (Å²) in [6.07, 6.45) is 1.72. The van der Waals surface area contributed by atoms with E-state index in [0.717, 1.165) is 17.2 Å². The molecular weight excluding hydrogens is 282 g/mol. The molecule has 0 amide bonds. The first-order valence-corrected chi connectivity index (χ1v) is 7.01. The number of hydrogen-bond acceptors (Lipinski definition) is 4. The highest BCUT2D eigenvalue weighted by atomic mass is 16.5. The molecule has 0 fully saturated rings. The number of benzene rings is 1. The molecule has 1 heterocycles. The lowest BCUT2D eigenvalue weighted by molar-refractivity contribution is 0.321. The van der Waals surface area contributed by atoms with Crippen molar-refractivity contribution in [1.82, 2.24) is 20.8 Å². The summed E-state index contributed by atoms with van der Waals surface area (Å²) >= 11 is 0. The fraction of sp³-hybridized carbons (Fsp3) is 0.333. The average Bonchev–Trinajstić information content (AvgIpc) is 3.08. The van der Waals surface area contributed by atoms with Crippen molar-refractivity contribution in [3.63, 3.8) is 0 Å². The lowest BCUT2D eigenvalue weighted by Gasteiger charge is -2.12. The number of rotatable bonds is 7. The van der Waals surface area contributed by atoms with E-state index in [-0.39, 0.29) is 0 Å². The van der Waals surface area contributed by atoms with Crippen molar-refractivity contribution in [2.24, 2.45) is 4.99 Å². The first-order valence-electron chi connectivity index (χ1n) is 7.01. The van der Waals surface area contributed by atoms with Crippen molar-refractivity contribution >= 4 is 5.96 Å². The Balaban J connectivity index is 1.65. The molecule has 118 valence electrons. The van der Waals surface area contributed by atoms with E-state index in [1.807, 2.05) is 30.3 Å². The van der Waals surface area contributed by atoms with E-state index in [9.17, 15) is 0 Å². The SMILES string of the molecule is CN=C(NCCOc1ccc(OC)cc1)NCc1ccn[nH]1. The van der Waals surface area contributed by atoms with Crippen LogP contribution < -0.4 is 20.1 Å². The molecule has 0 spiro atoms. The predicted octanol–water partition coefficient (Wildman–Crippen LogP) is 1.16. The molecule has 0 saturated heterocycles. The maximum Gasteiger partial charge on any atom is 0.191 e. The Bertz CT molecular complexity index is 566. The monoisotopic (exact) mass is 303 g/mol. The summed E-state index contributed by atoms with van der Waals surface area (Å²) in [5.41, 5.74) is 0.998. The second kappa shape index (κ2) is 8.56. The Hall–Kier alpha value is -2.70. The van der Waals surface area contributed by atoms with Crippen LogP contribution in [0.1, 0.15) is 5.69 Å². The van der Waals surface area contributed by atoms with Crippen molar-refractivity contribution in [2.75, 3.05) is 27.3 Å². The molecule has 1 aromatic heterocycles. The Morgan fingerprint density at radius 1 is 1.18 bits per heavy atom. The number of aromatic nitrogens is 2. The Morgan fingerprint density at radius 3 is 2.59 bits per heavy atom. The third-order valence-corrected chi connectivity index (χ3v) is 2.95. The first kappa shape index (κ1) is 15.7. The van der Waals surface area contributed by atoms with Crippen LogP contribution in [-0.2, 0) is 6.54 Å². The molecule has 0 unspecified atom stereocenters. The van der Waals surface area contributed by atoms with Gasteiger partial charge in [0.1, 0.15) is 18.1 Å². The minimum Gasteiger partial charge on any atom is -0.497 e. The maximum atomic E-state index is 5.63. The van der Waals surface area contributed by atoms with Crippen LogP contribution in [0.5, 0.6) is 11.5 Å². The largest absolute Gasteiger partial charge is 0.497 e. The van der Waals surface area contributed by atoms with Crippen molar-refractivity contribution in [3.8, 4) is 11.5 Å². The topological polar surface area (TPSA) is 83.6 Å². The molecule has 1 aromatic carbocycles. The molecule has 0 radical (unpaired) electrons. The Kier molecular flexibility index (Phi) is 6.10. The van der Waals surface area contributed by atoms with Gasteiger partial charge in [-0.1, -0.05) is 0 Å². The van der Waals surface area contributed by atoms with Crippen LogP contribution in [0.15, 0.2) is 41.5 Å². The van der Waals surface area contributed by atoms with Gasteiger partial charge in [0.2, 0.25) is 0 Å². The summed E-state index contributed by atoms with van der Waals surface area (Å²) < 4.78 is 10.7. The summed E-state index contributed by atoms with van der Waals surface area (Å²) in [6, 6.07) is 9.41. The van der Waals surface area contributed by atoms with Crippen molar-refractivity contribution in [2.45, 2.75) is 6.54 Å². The molecule has 7 nitrogen and oxygen atoms in total. The number of aliphatic imine (C=N–C) groups is 1. The molecule has 0 bridgehead atoms. The maximum absolute atomic E-state index is 5.63. The van der Waals surface area contributed by atoms with E-state index in [4.69, 9.17) is 9.47 Å². The van der Waals surface area contributed by atoms with E-state index in [2.05, 4.69) is 25.8 Å². The van der Waals surface area contributed by atoms with Crippen LogP contribution in [0.4, 0.5) is 0 Å². The number of ether oxygens (including phenoxy) is 2. The van der Waals surface area contributed by atoms with E-state index < -0.39 is 0 Å². The zero-order chi connectivity index (χ0) is 15.6. The smallest absolute Gasteiger partial charge is 0.191 e. The second-order valence-corrected chi connectivity index (χ2v) is 4.46. The highest BCUT2D eigenvalue weighted by Gasteiger charge is 1.99. The van der Waals surface area contributed by atoms with Gasteiger partial charge in [0.05, 0.1) is 25.9 Å². The zero-order valence-electron chi connectivity index (χ0n) is 12.8. The lowest BCUT2D eigenvalue weighted by Crippen LogP contribution is -2.38. The highest BCUT2D eigenvalue weighted by Crippen LogP contribution is 2.16. The fourth-order valence-corrected chi connectivity index (χ4v) is 1.79. The van der Waals surface area contributed by atoms with Crippen molar-refractivity contribution in [3.05, 3.63) is 42.2 Å². The van der Waals surface area contributed by atoms with E-state index >= 15 is 0 Å². The van der Waals surface area contributed by atoms with Gasteiger partial charge in [-0.05, 0) is 30.3 Å². The predicted molar refractivity (Wildman–Crippen MR) is 85.3 cm³/mol. The number of hydrogen-bond donors (Lipinski definition) is 3. The van der Waals surface area contributed by atoms with Crippen LogP contribution in [-0.4, -0.2) is 43.5 Å². The quantitative estimate of drug-likeness (QED) is 0.406. The molecule has 2 rings (SSSR count). The molecule has 2 aromatic rings. The number of nitrogens with zero attached hydrogens (tertiary/aromatic N) is 2. The van der Waals surface area contributed by atoms with Gasteiger partial charge in [-0.2, -0.15) is 5.10 Å². The van der Waals surface area contributed by atoms with E-state index in [1.165, 1.54) is 0 Å². The molecule has 7 heteroatoms. The summed E-state index contributed by atoms with van der Waals surface area (Å²) in [6.45, 7) is 1.82.